The highest BCUT2D eigenvalue weighted by Gasteiger charge is 2.42. The maximum Gasteiger partial charge on any atom is 0.193 e. The molecule has 2 saturated heterocycles. The number of halogens is 1. The van der Waals surface area contributed by atoms with Crippen LogP contribution in [0.25, 0.3) is 11.0 Å². The number of rotatable bonds is 3. The predicted octanol–water partition coefficient (Wildman–Crippen LogP) is 3.28. The molecule has 1 N–H and O–H groups in total. The topological polar surface area (TPSA) is 50.0 Å². The van der Waals surface area contributed by atoms with Gasteiger partial charge in [-0.2, -0.15) is 0 Å². The number of ether oxygens (including phenoxy) is 1. The summed E-state index contributed by atoms with van der Waals surface area (Å²) < 4.78 is 11.5. The van der Waals surface area contributed by atoms with E-state index < -0.39 is 0 Å². The van der Waals surface area contributed by atoms with Gasteiger partial charge in [-0.3, -0.25) is 4.99 Å². The molecule has 2 aliphatic heterocycles. The van der Waals surface area contributed by atoms with E-state index in [1.54, 1.807) is 0 Å². The number of furan rings is 1. The van der Waals surface area contributed by atoms with Gasteiger partial charge in [0.25, 0.3) is 0 Å². The second-order valence-electron chi connectivity index (χ2n) is 6.95. The van der Waals surface area contributed by atoms with Crippen molar-refractivity contribution in [3.63, 3.8) is 0 Å². The third-order valence-electron chi connectivity index (χ3n) is 5.27. The molecule has 2 aliphatic rings. The number of benzene rings is 1. The second-order valence-corrected chi connectivity index (χ2v) is 6.95. The zero-order valence-corrected chi connectivity index (χ0v) is 17.0. The largest absolute Gasteiger partial charge is 0.461 e. The lowest BCUT2D eigenvalue weighted by Gasteiger charge is -2.24. The summed E-state index contributed by atoms with van der Waals surface area (Å²) in [6.07, 6.45) is 3.24. The van der Waals surface area contributed by atoms with E-state index in [2.05, 4.69) is 27.3 Å². The lowest BCUT2D eigenvalue weighted by molar-refractivity contribution is 0.156. The molecule has 6 heteroatoms. The fourth-order valence-corrected chi connectivity index (χ4v) is 3.88. The van der Waals surface area contributed by atoms with Crippen LogP contribution < -0.4 is 5.32 Å². The molecule has 4 rings (SSSR count). The number of nitrogens with one attached hydrogen (secondary N) is 1. The Bertz CT molecular complexity index is 704. The third kappa shape index (κ3) is 3.95. The van der Waals surface area contributed by atoms with Crippen LogP contribution in [0.1, 0.15) is 18.6 Å². The van der Waals surface area contributed by atoms with Crippen molar-refractivity contribution in [3.8, 4) is 0 Å². The molecule has 1 spiro atoms. The summed E-state index contributed by atoms with van der Waals surface area (Å²) in [5.74, 6) is 2.01. The maximum absolute atomic E-state index is 5.88. The zero-order chi connectivity index (χ0) is 16.4. The van der Waals surface area contributed by atoms with E-state index in [-0.39, 0.29) is 24.0 Å². The molecule has 0 aliphatic carbocycles. The summed E-state index contributed by atoms with van der Waals surface area (Å²) in [5, 5.41) is 4.65. The molecule has 5 nitrogen and oxygen atoms in total. The Morgan fingerprint density at radius 3 is 2.96 bits per heavy atom. The van der Waals surface area contributed by atoms with Crippen LogP contribution >= 0.6 is 24.0 Å². The van der Waals surface area contributed by atoms with Crippen LogP contribution in [0.4, 0.5) is 0 Å². The molecule has 1 aromatic heterocycles. The first-order valence-corrected chi connectivity index (χ1v) is 8.79. The molecular formula is C19H26IN3O2. The summed E-state index contributed by atoms with van der Waals surface area (Å²) >= 11 is 0. The third-order valence-corrected chi connectivity index (χ3v) is 5.27. The highest BCUT2D eigenvalue weighted by molar-refractivity contribution is 14.0. The first kappa shape index (κ1) is 18.5. The van der Waals surface area contributed by atoms with Gasteiger partial charge >= 0.3 is 0 Å². The van der Waals surface area contributed by atoms with Crippen molar-refractivity contribution in [2.45, 2.75) is 19.3 Å². The zero-order valence-electron chi connectivity index (χ0n) is 14.7. The van der Waals surface area contributed by atoms with E-state index in [4.69, 9.17) is 9.15 Å². The lowest BCUT2D eigenvalue weighted by atomic mass is 9.87. The number of guanidine groups is 1. The van der Waals surface area contributed by atoms with E-state index in [0.717, 1.165) is 56.6 Å². The van der Waals surface area contributed by atoms with Crippen molar-refractivity contribution >= 4 is 40.9 Å². The Labute approximate surface area is 165 Å². The minimum atomic E-state index is 0. The van der Waals surface area contributed by atoms with Crippen molar-refractivity contribution in [2.75, 3.05) is 39.9 Å². The molecule has 0 radical (unpaired) electrons. The fourth-order valence-electron chi connectivity index (χ4n) is 3.88. The molecule has 3 heterocycles. The monoisotopic (exact) mass is 455 g/mol. The molecule has 1 atom stereocenters. The van der Waals surface area contributed by atoms with Crippen LogP contribution in [-0.2, 0) is 11.2 Å². The molecule has 0 amide bonds. The van der Waals surface area contributed by atoms with Crippen LogP contribution in [0.2, 0.25) is 0 Å². The van der Waals surface area contributed by atoms with Gasteiger partial charge in [-0.1, -0.05) is 18.2 Å². The van der Waals surface area contributed by atoms with E-state index in [9.17, 15) is 0 Å². The van der Waals surface area contributed by atoms with Gasteiger partial charge in [0.2, 0.25) is 0 Å². The number of hydrogen-bond donors (Lipinski definition) is 1. The Hall–Kier alpha value is -1.28. The van der Waals surface area contributed by atoms with Gasteiger partial charge in [-0.15, -0.1) is 24.0 Å². The molecule has 2 aromatic rings. The van der Waals surface area contributed by atoms with E-state index in [0.29, 0.717) is 5.41 Å². The van der Waals surface area contributed by atoms with Gasteiger partial charge in [-0.25, -0.2) is 0 Å². The molecule has 2 fully saturated rings. The van der Waals surface area contributed by atoms with Crippen molar-refractivity contribution in [2.24, 2.45) is 10.4 Å². The van der Waals surface area contributed by atoms with E-state index in [1.807, 2.05) is 25.2 Å². The molecule has 0 bridgehead atoms. The van der Waals surface area contributed by atoms with Gasteiger partial charge in [0.1, 0.15) is 11.3 Å². The average molecular weight is 455 g/mol. The van der Waals surface area contributed by atoms with Gasteiger partial charge in [0, 0.05) is 50.5 Å². The van der Waals surface area contributed by atoms with E-state index >= 15 is 0 Å². The van der Waals surface area contributed by atoms with Crippen molar-refractivity contribution in [1.29, 1.82) is 0 Å². The highest BCUT2D eigenvalue weighted by Crippen LogP contribution is 2.38. The summed E-state index contributed by atoms with van der Waals surface area (Å²) in [7, 11) is 1.86. The molecule has 1 aromatic carbocycles. The Kier molecular flexibility index (Phi) is 5.89. The SMILES string of the molecule is CN=C(NCCc1cc2ccccc2o1)N1CCC2(CCOC2)C1.I. The number of hydrogen-bond acceptors (Lipinski definition) is 3. The standard InChI is InChI=1S/C19H25N3O2.HI/c1-20-18(22-10-7-19(13-22)8-11-23-14-19)21-9-6-16-12-15-4-2-3-5-17(15)24-16;/h2-5,12H,6-11,13-14H2,1H3,(H,20,21);1H. The molecule has 0 saturated carbocycles. The van der Waals surface area contributed by atoms with Gasteiger partial charge in [0.05, 0.1) is 6.61 Å². The molecule has 136 valence electrons. The maximum atomic E-state index is 5.88. The van der Waals surface area contributed by atoms with Crippen LogP contribution in [0.3, 0.4) is 0 Å². The van der Waals surface area contributed by atoms with Crippen molar-refractivity contribution < 1.29 is 9.15 Å². The van der Waals surface area contributed by atoms with Gasteiger partial charge < -0.3 is 19.4 Å². The van der Waals surface area contributed by atoms with Gasteiger partial charge in [0.15, 0.2) is 5.96 Å². The smallest absolute Gasteiger partial charge is 0.193 e. The van der Waals surface area contributed by atoms with Crippen molar-refractivity contribution in [1.82, 2.24) is 10.2 Å². The lowest BCUT2D eigenvalue weighted by Crippen LogP contribution is -2.42. The highest BCUT2D eigenvalue weighted by atomic mass is 127. The molecule has 25 heavy (non-hydrogen) atoms. The quantitative estimate of drug-likeness (QED) is 0.439. The Morgan fingerprint density at radius 1 is 1.32 bits per heavy atom. The summed E-state index contributed by atoms with van der Waals surface area (Å²) in [6.45, 7) is 4.75. The predicted molar refractivity (Wildman–Crippen MR) is 111 cm³/mol. The van der Waals surface area contributed by atoms with Crippen molar-refractivity contribution in [3.05, 3.63) is 36.1 Å². The number of nitrogens with zero attached hydrogens (tertiary/aromatic N) is 2. The van der Waals surface area contributed by atoms with Crippen LogP contribution in [0.5, 0.6) is 0 Å². The Morgan fingerprint density at radius 2 is 2.20 bits per heavy atom. The fraction of sp³-hybridized carbons (Fsp3) is 0.526. The molecule has 1 unspecified atom stereocenters. The first-order valence-electron chi connectivity index (χ1n) is 8.79. The van der Waals surface area contributed by atoms with Gasteiger partial charge in [-0.05, 0) is 25.0 Å². The normalized spacial score (nSPS) is 23.4. The minimum Gasteiger partial charge on any atom is -0.461 e. The minimum absolute atomic E-state index is 0. The summed E-state index contributed by atoms with van der Waals surface area (Å²) in [5.41, 5.74) is 1.32. The first-order chi connectivity index (χ1) is 11.8. The van der Waals surface area contributed by atoms with Crippen LogP contribution in [-0.4, -0.2) is 50.8 Å². The second kappa shape index (κ2) is 7.95. The summed E-state index contributed by atoms with van der Waals surface area (Å²) in [6, 6.07) is 10.3. The Balaban J connectivity index is 0.00000182. The van der Waals surface area contributed by atoms with Crippen LogP contribution in [0, 0.1) is 5.41 Å². The number of para-hydroxylation sites is 1. The number of fused-ring (bicyclic) bond motifs is 1. The molecular weight excluding hydrogens is 429 g/mol. The average Bonchev–Trinajstić information content (AvgIpc) is 3.32. The number of likely N-dealkylation sites (tertiary alicyclic amines) is 1. The van der Waals surface area contributed by atoms with Crippen LogP contribution in [0.15, 0.2) is 39.7 Å². The summed E-state index contributed by atoms with van der Waals surface area (Å²) in [4.78, 5) is 6.83. The number of aliphatic imine (C=N–C) groups is 1. The van der Waals surface area contributed by atoms with E-state index in [1.165, 1.54) is 18.2 Å².